The van der Waals surface area contributed by atoms with Gasteiger partial charge in [0.1, 0.15) is 5.75 Å². The maximum Gasteiger partial charge on any atom is 0.260 e. The first-order valence-electron chi connectivity index (χ1n) is 7.18. The number of rotatable bonds is 6. The molecule has 0 radical (unpaired) electrons. The van der Waals surface area contributed by atoms with Gasteiger partial charge in [-0.15, -0.1) is 0 Å². The Bertz CT molecular complexity index is 715. The van der Waals surface area contributed by atoms with E-state index < -0.39 is 0 Å². The molecule has 0 aliphatic carbocycles. The monoisotopic (exact) mass is 331 g/mol. The number of hydrogen-bond acceptors (Lipinski definition) is 3. The van der Waals surface area contributed by atoms with Gasteiger partial charge < -0.3 is 9.64 Å². The van der Waals surface area contributed by atoms with E-state index in [0.717, 1.165) is 5.56 Å². The molecular formula is C18H18ClNO3. The summed E-state index contributed by atoms with van der Waals surface area (Å²) < 4.78 is 5.47. The normalized spacial score (nSPS) is 10.2. The molecule has 120 valence electrons. The first kappa shape index (κ1) is 17.0. The molecule has 2 aromatic carbocycles. The molecule has 0 heterocycles. The van der Waals surface area contributed by atoms with Crippen LogP contribution < -0.4 is 4.74 Å². The molecule has 2 aromatic rings. The van der Waals surface area contributed by atoms with E-state index in [0.29, 0.717) is 22.9 Å². The van der Waals surface area contributed by atoms with Gasteiger partial charge in [-0.2, -0.15) is 0 Å². The number of halogens is 1. The number of nitrogens with zero attached hydrogens (tertiary/aromatic N) is 1. The molecule has 0 unspecified atom stereocenters. The van der Waals surface area contributed by atoms with Crippen LogP contribution >= 0.6 is 11.6 Å². The predicted molar refractivity (Wildman–Crippen MR) is 89.9 cm³/mol. The standard InChI is InChI=1S/C18H18ClNO3/c1-13(21)14-7-5-8-16(10-14)23-12-18(22)20(2)11-15-6-3-4-9-17(15)19/h3-10H,11-12H2,1-2H3. The molecular weight excluding hydrogens is 314 g/mol. The summed E-state index contributed by atoms with van der Waals surface area (Å²) in [5, 5.41) is 0.627. The minimum absolute atomic E-state index is 0.0439. The Morgan fingerprint density at radius 3 is 2.57 bits per heavy atom. The van der Waals surface area contributed by atoms with E-state index >= 15 is 0 Å². The van der Waals surface area contributed by atoms with Gasteiger partial charge in [-0.05, 0) is 30.7 Å². The molecule has 0 aromatic heterocycles. The van der Waals surface area contributed by atoms with Gasteiger partial charge in [0, 0.05) is 24.2 Å². The fourth-order valence-electron chi connectivity index (χ4n) is 2.03. The second-order valence-electron chi connectivity index (χ2n) is 5.21. The Kier molecular flexibility index (Phi) is 5.77. The van der Waals surface area contributed by atoms with E-state index in [1.165, 1.54) is 6.92 Å². The van der Waals surface area contributed by atoms with Gasteiger partial charge in [-0.3, -0.25) is 9.59 Å². The number of Topliss-reactive ketones (excluding diaryl/α,β-unsaturated/α-hetero) is 1. The fraction of sp³-hybridized carbons (Fsp3) is 0.222. The van der Waals surface area contributed by atoms with Crippen molar-refractivity contribution in [3.05, 3.63) is 64.7 Å². The molecule has 0 saturated carbocycles. The third-order valence-corrected chi connectivity index (χ3v) is 3.76. The molecule has 0 N–H and O–H groups in total. The first-order chi connectivity index (χ1) is 11.0. The zero-order chi connectivity index (χ0) is 16.8. The molecule has 0 atom stereocenters. The molecule has 0 aliphatic rings. The fourth-order valence-corrected chi connectivity index (χ4v) is 2.23. The molecule has 0 fully saturated rings. The molecule has 2 rings (SSSR count). The minimum atomic E-state index is -0.168. The number of carbonyl (C=O) groups is 2. The van der Waals surface area contributed by atoms with E-state index in [1.54, 1.807) is 42.3 Å². The van der Waals surface area contributed by atoms with Crippen molar-refractivity contribution in [1.29, 1.82) is 0 Å². The zero-order valence-electron chi connectivity index (χ0n) is 13.1. The molecule has 1 amide bonds. The number of amides is 1. The van der Waals surface area contributed by atoms with Gasteiger partial charge in [0.15, 0.2) is 12.4 Å². The molecule has 0 saturated heterocycles. The Morgan fingerprint density at radius 2 is 1.87 bits per heavy atom. The van der Waals surface area contributed by atoms with E-state index in [4.69, 9.17) is 16.3 Å². The van der Waals surface area contributed by atoms with E-state index in [9.17, 15) is 9.59 Å². The predicted octanol–water partition coefficient (Wildman–Crippen LogP) is 3.58. The molecule has 4 nitrogen and oxygen atoms in total. The van der Waals surface area contributed by atoms with Crippen molar-refractivity contribution in [3.8, 4) is 5.75 Å². The summed E-state index contributed by atoms with van der Waals surface area (Å²) in [7, 11) is 1.70. The van der Waals surface area contributed by atoms with Crippen molar-refractivity contribution in [1.82, 2.24) is 4.90 Å². The summed E-state index contributed by atoms with van der Waals surface area (Å²) in [5.74, 6) is 0.285. The summed E-state index contributed by atoms with van der Waals surface area (Å²) in [6, 6.07) is 14.2. The molecule has 0 aliphatic heterocycles. The second kappa shape index (κ2) is 7.79. The van der Waals surface area contributed by atoms with Gasteiger partial charge in [0.05, 0.1) is 0 Å². The van der Waals surface area contributed by atoms with E-state index in [-0.39, 0.29) is 18.3 Å². The van der Waals surface area contributed by atoms with Crippen molar-refractivity contribution in [2.45, 2.75) is 13.5 Å². The van der Waals surface area contributed by atoms with Crippen LogP contribution in [-0.2, 0) is 11.3 Å². The first-order valence-corrected chi connectivity index (χ1v) is 7.56. The SMILES string of the molecule is CC(=O)c1cccc(OCC(=O)N(C)Cc2ccccc2Cl)c1. The number of hydrogen-bond donors (Lipinski definition) is 0. The third kappa shape index (κ3) is 4.83. The Labute approximate surface area is 140 Å². The maximum atomic E-state index is 12.1. The molecule has 5 heteroatoms. The minimum Gasteiger partial charge on any atom is -0.484 e. The van der Waals surface area contributed by atoms with Crippen molar-refractivity contribution < 1.29 is 14.3 Å². The van der Waals surface area contributed by atoms with Gasteiger partial charge in [-0.25, -0.2) is 0 Å². The summed E-state index contributed by atoms with van der Waals surface area (Å²) in [6.45, 7) is 1.80. The molecule has 23 heavy (non-hydrogen) atoms. The van der Waals surface area contributed by atoms with Crippen LogP contribution in [0.2, 0.25) is 5.02 Å². The summed E-state index contributed by atoms with van der Waals surface area (Å²) >= 11 is 6.09. The quantitative estimate of drug-likeness (QED) is 0.760. The number of benzene rings is 2. The zero-order valence-corrected chi connectivity index (χ0v) is 13.8. The Hall–Kier alpha value is -2.33. The van der Waals surface area contributed by atoms with Crippen LogP contribution in [0.1, 0.15) is 22.8 Å². The van der Waals surface area contributed by atoms with Gasteiger partial charge in [0.25, 0.3) is 5.91 Å². The smallest absolute Gasteiger partial charge is 0.260 e. The molecule has 0 spiro atoms. The average Bonchev–Trinajstić information content (AvgIpc) is 2.55. The van der Waals surface area contributed by atoms with E-state index in [1.807, 2.05) is 18.2 Å². The van der Waals surface area contributed by atoms with E-state index in [2.05, 4.69) is 0 Å². The Morgan fingerprint density at radius 1 is 1.13 bits per heavy atom. The van der Waals surface area contributed by atoms with Crippen molar-refractivity contribution in [3.63, 3.8) is 0 Å². The third-order valence-electron chi connectivity index (χ3n) is 3.39. The number of ketones is 1. The largest absolute Gasteiger partial charge is 0.484 e. The highest BCUT2D eigenvalue weighted by Gasteiger charge is 2.12. The Balaban J connectivity index is 1.93. The lowest BCUT2D eigenvalue weighted by Gasteiger charge is -2.18. The lowest BCUT2D eigenvalue weighted by Crippen LogP contribution is -2.31. The van der Waals surface area contributed by atoms with Gasteiger partial charge in [0.2, 0.25) is 0 Å². The number of ether oxygens (including phenoxy) is 1. The topological polar surface area (TPSA) is 46.6 Å². The number of likely N-dealkylation sites (N-methyl/N-ethyl adjacent to an activating group) is 1. The highest BCUT2D eigenvalue weighted by atomic mass is 35.5. The van der Waals surface area contributed by atoms with Gasteiger partial charge in [-0.1, -0.05) is 41.9 Å². The highest BCUT2D eigenvalue weighted by molar-refractivity contribution is 6.31. The second-order valence-corrected chi connectivity index (χ2v) is 5.62. The lowest BCUT2D eigenvalue weighted by atomic mass is 10.1. The highest BCUT2D eigenvalue weighted by Crippen LogP contribution is 2.17. The average molecular weight is 332 g/mol. The summed E-state index contributed by atoms with van der Waals surface area (Å²) in [6.07, 6.45) is 0. The van der Waals surface area contributed by atoms with Crippen LogP contribution in [0.4, 0.5) is 0 Å². The van der Waals surface area contributed by atoms with Crippen LogP contribution in [0.3, 0.4) is 0 Å². The molecule has 0 bridgehead atoms. The van der Waals surface area contributed by atoms with Crippen LogP contribution in [0.25, 0.3) is 0 Å². The van der Waals surface area contributed by atoms with Gasteiger partial charge >= 0.3 is 0 Å². The van der Waals surface area contributed by atoms with Crippen LogP contribution in [0, 0.1) is 0 Å². The summed E-state index contributed by atoms with van der Waals surface area (Å²) in [5.41, 5.74) is 1.43. The van der Waals surface area contributed by atoms with Crippen LogP contribution in [0.5, 0.6) is 5.75 Å². The van der Waals surface area contributed by atoms with Crippen molar-refractivity contribution in [2.75, 3.05) is 13.7 Å². The number of carbonyl (C=O) groups excluding carboxylic acids is 2. The maximum absolute atomic E-state index is 12.1. The summed E-state index contributed by atoms with van der Waals surface area (Å²) in [4.78, 5) is 25.0. The van der Waals surface area contributed by atoms with Crippen LogP contribution in [0.15, 0.2) is 48.5 Å². The van der Waals surface area contributed by atoms with Crippen molar-refractivity contribution in [2.24, 2.45) is 0 Å². The van der Waals surface area contributed by atoms with Crippen molar-refractivity contribution >= 4 is 23.3 Å². The van der Waals surface area contributed by atoms with Crippen LogP contribution in [-0.4, -0.2) is 30.2 Å². The lowest BCUT2D eigenvalue weighted by molar-refractivity contribution is -0.132.